The third-order valence-corrected chi connectivity index (χ3v) is 4.96. The smallest absolute Gasteiger partial charge is 0.214 e. The van der Waals surface area contributed by atoms with Gasteiger partial charge in [0.2, 0.25) is 10.0 Å². The molecule has 1 saturated heterocycles. The molecule has 2 rings (SSSR count). The van der Waals surface area contributed by atoms with Gasteiger partial charge in [0.1, 0.15) is 0 Å². The molecule has 0 aromatic carbocycles. The van der Waals surface area contributed by atoms with E-state index in [9.17, 15) is 8.42 Å². The van der Waals surface area contributed by atoms with Gasteiger partial charge in [-0.3, -0.25) is 4.98 Å². The van der Waals surface area contributed by atoms with Crippen molar-refractivity contribution in [2.45, 2.75) is 19.4 Å². The summed E-state index contributed by atoms with van der Waals surface area (Å²) in [5.41, 5.74) is 1.01. The fourth-order valence-electron chi connectivity index (χ4n) is 2.07. The summed E-state index contributed by atoms with van der Waals surface area (Å²) < 4.78 is 26.0. The second kappa shape index (κ2) is 5.77. The van der Waals surface area contributed by atoms with Gasteiger partial charge < -0.3 is 5.32 Å². The lowest BCUT2D eigenvalue weighted by Gasteiger charge is -2.31. The Balaban J connectivity index is 1.95. The Kier molecular flexibility index (Phi) is 4.31. The first-order valence-electron chi connectivity index (χ1n) is 6.18. The monoisotopic (exact) mass is 269 g/mol. The summed E-state index contributed by atoms with van der Waals surface area (Å²) in [6.07, 6.45) is 3.92. The molecule has 1 aromatic heterocycles. The van der Waals surface area contributed by atoms with Gasteiger partial charge in [-0.05, 0) is 31.0 Å². The van der Waals surface area contributed by atoms with E-state index in [0.717, 1.165) is 12.1 Å². The average Bonchev–Trinajstić information content (AvgIpc) is 2.38. The second-order valence-electron chi connectivity index (χ2n) is 4.63. The Morgan fingerprint density at radius 3 is 2.83 bits per heavy atom. The quantitative estimate of drug-likeness (QED) is 0.851. The number of aromatic nitrogens is 1. The van der Waals surface area contributed by atoms with Crippen LogP contribution >= 0.6 is 0 Å². The molecule has 100 valence electrons. The number of aryl methyl sites for hydroxylation is 1. The van der Waals surface area contributed by atoms with Crippen LogP contribution < -0.4 is 5.32 Å². The molecule has 0 unspecified atom stereocenters. The van der Waals surface area contributed by atoms with E-state index in [0.29, 0.717) is 19.5 Å². The first-order chi connectivity index (χ1) is 8.58. The van der Waals surface area contributed by atoms with E-state index < -0.39 is 10.0 Å². The average molecular weight is 269 g/mol. The predicted molar refractivity (Wildman–Crippen MR) is 70.8 cm³/mol. The Bertz CT molecular complexity index is 475. The van der Waals surface area contributed by atoms with Crippen molar-refractivity contribution in [2.75, 3.05) is 25.4 Å². The maximum atomic E-state index is 12.2. The summed E-state index contributed by atoms with van der Waals surface area (Å²) in [6.45, 7) is 3.88. The van der Waals surface area contributed by atoms with E-state index >= 15 is 0 Å². The van der Waals surface area contributed by atoms with Gasteiger partial charge in [0.25, 0.3) is 0 Å². The molecule has 0 aliphatic carbocycles. The molecule has 1 atom stereocenters. The van der Waals surface area contributed by atoms with Crippen LogP contribution in [0.1, 0.15) is 12.5 Å². The lowest BCUT2D eigenvalue weighted by molar-refractivity contribution is 0.310. The van der Waals surface area contributed by atoms with Crippen LogP contribution in [0.3, 0.4) is 0 Å². The predicted octanol–water partition coefficient (Wildman–Crippen LogP) is 0.248. The number of rotatable bonds is 4. The molecule has 6 heteroatoms. The van der Waals surface area contributed by atoms with E-state index in [1.807, 2.05) is 19.1 Å². The topological polar surface area (TPSA) is 62.3 Å². The third-order valence-electron chi connectivity index (χ3n) is 3.12. The normalized spacial score (nSPS) is 21.9. The zero-order valence-electron chi connectivity index (χ0n) is 10.5. The fraction of sp³-hybridized carbons (Fsp3) is 0.583. The van der Waals surface area contributed by atoms with E-state index in [1.54, 1.807) is 16.7 Å². The minimum atomic E-state index is -3.14. The number of pyridine rings is 1. The SMILES string of the molecule is C[C@@H]1CN(S(=O)(=O)CCc2ccncc2)CCN1. The molecule has 5 nitrogen and oxygen atoms in total. The van der Waals surface area contributed by atoms with Crippen LogP contribution in [0.2, 0.25) is 0 Å². The van der Waals surface area contributed by atoms with E-state index in [-0.39, 0.29) is 11.8 Å². The van der Waals surface area contributed by atoms with Crippen LogP contribution in [0.25, 0.3) is 0 Å². The molecule has 1 aliphatic rings. The highest BCUT2D eigenvalue weighted by Gasteiger charge is 2.26. The Labute approximate surface area is 108 Å². The van der Waals surface area contributed by atoms with Crippen LogP contribution in [0.4, 0.5) is 0 Å². The zero-order valence-corrected chi connectivity index (χ0v) is 11.4. The van der Waals surface area contributed by atoms with Gasteiger partial charge in [0.05, 0.1) is 5.75 Å². The summed E-state index contributed by atoms with van der Waals surface area (Å²) in [4.78, 5) is 3.92. The van der Waals surface area contributed by atoms with Crippen molar-refractivity contribution in [3.05, 3.63) is 30.1 Å². The molecule has 0 saturated carbocycles. The molecule has 1 aromatic rings. The van der Waals surface area contributed by atoms with Gasteiger partial charge in [0, 0.05) is 38.1 Å². The van der Waals surface area contributed by atoms with E-state index in [2.05, 4.69) is 10.3 Å². The molecule has 0 radical (unpaired) electrons. The Morgan fingerprint density at radius 2 is 2.17 bits per heavy atom. The Morgan fingerprint density at radius 1 is 1.44 bits per heavy atom. The van der Waals surface area contributed by atoms with Crippen molar-refractivity contribution in [1.29, 1.82) is 0 Å². The summed E-state index contributed by atoms with van der Waals surface area (Å²) in [5, 5.41) is 3.24. The molecule has 1 N–H and O–H groups in total. The summed E-state index contributed by atoms with van der Waals surface area (Å²) in [6, 6.07) is 3.95. The van der Waals surface area contributed by atoms with Crippen molar-refractivity contribution < 1.29 is 8.42 Å². The number of nitrogens with zero attached hydrogens (tertiary/aromatic N) is 2. The van der Waals surface area contributed by atoms with Gasteiger partial charge in [0.15, 0.2) is 0 Å². The van der Waals surface area contributed by atoms with Crippen LogP contribution in [-0.4, -0.2) is 49.1 Å². The summed E-state index contributed by atoms with van der Waals surface area (Å²) in [5.74, 6) is 0.170. The van der Waals surface area contributed by atoms with Crippen LogP contribution in [-0.2, 0) is 16.4 Å². The summed E-state index contributed by atoms with van der Waals surface area (Å²) >= 11 is 0. The molecule has 0 amide bonds. The van der Waals surface area contributed by atoms with Crippen LogP contribution in [0, 0.1) is 0 Å². The third kappa shape index (κ3) is 3.51. The maximum Gasteiger partial charge on any atom is 0.214 e. The van der Waals surface area contributed by atoms with Crippen LogP contribution in [0.5, 0.6) is 0 Å². The molecular formula is C12H19N3O2S. The number of hydrogen-bond acceptors (Lipinski definition) is 4. The first kappa shape index (κ1) is 13.5. The van der Waals surface area contributed by atoms with Crippen molar-refractivity contribution in [3.63, 3.8) is 0 Å². The zero-order chi connectivity index (χ0) is 13.0. The van der Waals surface area contributed by atoms with Crippen molar-refractivity contribution in [1.82, 2.24) is 14.6 Å². The minimum absolute atomic E-state index is 0.170. The molecule has 18 heavy (non-hydrogen) atoms. The highest BCUT2D eigenvalue weighted by molar-refractivity contribution is 7.89. The molecule has 0 spiro atoms. The van der Waals surface area contributed by atoms with Crippen molar-refractivity contribution in [2.24, 2.45) is 0 Å². The van der Waals surface area contributed by atoms with E-state index in [4.69, 9.17) is 0 Å². The largest absolute Gasteiger partial charge is 0.312 e. The fourth-order valence-corrected chi connectivity index (χ4v) is 3.65. The van der Waals surface area contributed by atoms with Gasteiger partial charge in [-0.25, -0.2) is 8.42 Å². The van der Waals surface area contributed by atoms with Gasteiger partial charge in [-0.2, -0.15) is 4.31 Å². The number of sulfonamides is 1. The Hall–Kier alpha value is -0.980. The standard InChI is InChI=1S/C12H19N3O2S/c1-11-10-15(8-7-14-11)18(16,17)9-4-12-2-5-13-6-3-12/h2-3,5-6,11,14H,4,7-10H2,1H3/t11-/m1/s1. The maximum absolute atomic E-state index is 12.2. The highest BCUT2D eigenvalue weighted by Crippen LogP contribution is 2.09. The number of hydrogen-bond donors (Lipinski definition) is 1. The van der Waals surface area contributed by atoms with Crippen molar-refractivity contribution in [3.8, 4) is 0 Å². The lowest BCUT2D eigenvalue weighted by atomic mass is 10.2. The van der Waals surface area contributed by atoms with Gasteiger partial charge in [-0.15, -0.1) is 0 Å². The van der Waals surface area contributed by atoms with Crippen molar-refractivity contribution >= 4 is 10.0 Å². The molecule has 1 aliphatic heterocycles. The minimum Gasteiger partial charge on any atom is -0.312 e. The van der Waals surface area contributed by atoms with Gasteiger partial charge >= 0.3 is 0 Å². The lowest BCUT2D eigenvalue weighted by Crippen LogP contribution is -2.51. The van der Waals surface area contributed by atoms with Crippen LogP contribution in [0.15, 0.2) is 24.5 Å². The molecule has 0 bridgehead atoms. The van der Waals surface area contributed by atoms with Gasteiger partial charge in [-0.1, -0.05) is 0 Å². The molecule has 1 fully saturated rings. The number of nitrogens with one attached hydrogen (secondary N) is 1. The highest BCUT2D eigenvalue weighted by atomic mass is 32.2. The molecule has 2 heterocycles. The summed E-state index contributed by atoms with van der Waals surface area (Å²) in [7, 11) is -3.14. The second-order valence-corrected chi connectivity index (χ2v) is 6.72. The first-order valence-corrected chi connectivity index (χ1v) is 7.79. The number of piperazine rings is 1. The molecular weight excluding hydrogens is 250 g/mol. The van der Waals surface area contributed by atoms with E-state index in [1.165, 1.54) is 0 Å².